The third kappa shape index (κ3) is 4.21. The summed E-state index contributed by atoms with van der Waals surface area (Å²) in [7, 11) is 3.00. The molecular formula is C24H22ClN3O5. The van der Waals surface area contributed by atoms with Crippen LogP contribution in [-0.2, 0) is 4.79 Å². The molecular weight excluding hydrogens is 446 g/mol. The summed E-state index contributed by atoms with van der Waals surface area (Å²) in [5.74, 6) is -0.734. The molecule has 3 aromatic rings. The SMILES string of the molecule is COc1ncnc(OC)c1-c1ccc(C(=O)N2CCCC2C(=O)O)cc1-c1ccccc1Cl. The minimum Gasteiger partial charge on any atom is -0.480 e. The van der Waals surface area contributed by atoms with E-state index in [0.29, 0.717) is 64.0 Å². The number of amides is 1. The summed E-state index contributed by atoms with van der Waals surface area (Å²) in [4.78, 5) is 34.7. The molecule has 1 N–H and O–H groups in total. The number of nitrogens with zero attached hydrogens (tertiary/aromatic N) is 3. The van der Waals surface area contributed by atoms with E-state index in [1.165, 1.54) is 25.4 Å². The number of carboxylic acid groups (broad SMARTS) is 1. The Morgan fingerprint density at radius 3 is 2.36 bits per heavy atom. The van der Waals surface area contributed by atoms with Gasteiger partial charge in [-0.25, -0.2) is 14.8 Å². The maximum absolute atomic E-state index is 13.3. The summed E-state index contributed by atoms with van der Waals surface area (Å²) in [6.07, 6.45) is 2.42. The summed E-state index contributed by atoms with van der Waals surface area (Å²) >= 11 is 6.52. The predicted molar refractivity (Wildman–Crippen MR) is 123 cm³/mol. The zero-order valence-corrected chi connectivity index (χ0v) is 18.9. The summed E-state index contributed by atoms with van der Waals surface area (Å²) in [5, 5.41) is 9.99. The van der Waals surface area contributed by atoms with Gasteiger partial charge in [0.05, 0.1) is 14.2 Å². The van der Waals surface area contributed by atoms with E-state index in [0.717, 1.165) is 0 Å². The van der Waals surface area contributed by atoms with Gasteiger partial charge in [0.1, 0.15) is 17.9 Å². The van der Waals surface area contributed by atoms with E-state index >= 15 is 0 Å². The fourth-order valence-corrected chi connectivity index (χ4v) is 4.36. The minimum atomic E-state index is -1.00. The van der Waals surface area contributed by atoms with Gasteiger partial charge in [-0.1, -0.05) is 35.9 Å². The van der Waals surface area contributed by atoms with Crippen molar-refractivity contribution >= 4 is 23.5 Å². The zero-order chi connectivity index (χ0) is 23.5. The summed E-state index contributed by atoms with van der Waals surface area (Å²) in [5.41, 5.74) is 2.86. The molecule has 8 nitrogen and oxygen atoms in total. The van der Waals surface area contributed by atoms with Gasteiger partial charge in [-0.2, -0.15) is 0 Å². The molecule has 1 aromatic heterocycles. The first kappa shape index (κ1) is 22.5. The molecule has 9 heteroatoms. The number of rotatable bonds is 6. The first-order valence-corrected chi connectivity index (χ1v) is 10.7. The lowest BCUT2D eigenvalue weighted by Gasteiger charge is -2.22. The number of aromatic nitrogens is 2. The quantitative estimate of drug-likeness (QED) is 0.580. The third-order valence-electron chi connectivity index (χ3n) is 5.66. The molecule has 33 heavy (non-hydrogen) atoms. The lowest BCUT2D eigenvalue weighted by molar-refractivity contribution is -0.141. The van der Waals surface area contributed by atoms with Gasteiger partial charge in [-0.3, -0.25) is 4.79 Å². The molecule has 0 aliphatic carbocycles. The van der Waals surface area contributed by atoms with Gasteiger partial charge in [0, 0.05) is 28.3 Å². The molecule has 2 heterocycles. The van der Waals surface area contributed by atoms with E-state index in [9.17, 15) is 14.7 Å². The second kappa shape index (κ2) is 9.46. The van der Waals surface area contributed by atoms with Gasteiger partial charge >= 0.3 is 5.97 Å². The van der Waals surface area contributed by atoms with E-state index < -0.39 is 12.0 Å². The van der Waals surface area contributed by atoms with E-state index in [1.807, 2.05) is 18.2 Å². The highest BCUT2D eigenvalue weighted by atomic mass is 35.5. The van der Waals surface area contributed by atoms with E-state index in [1.54, 1.807) is 24.3 Å². The molecule has 0 saturated carbocycles. The van der Waals surface area contributed by atoms with Crippen molar-refractivity contribution < 1.29 is 24.2 Å². The van der Waals surface area contributed by atoms with Crippen molar-refractivity contribution in [1.82, 2.24) is 14.9 Å². The van der Waals surface area contributed by atoms with E-state index in [2.05, 4.69) is 9.97 Å². The number of carbonyl (C=O) groups is 2. The van der Waals surface area contributed by atoms with Crippen molar-refractivity contribution in [2.24, 2.45) is 0 Å². The Hall–Kier alpha value is -3.65. The first-order chi connectivity index (χ1) is 16.0. The van der Waals surface area contributed by atoms with Crippen LogP contribution in [0.1, 0.15) is 23.2 Å². The molecule has 0 spiro atoms. The Morgan fingerprint density at radius 1 is 1.03 bits per heavy atom. The van der Waals surface area contributed by atoms with Gasteiger partial charge < -0.3 is 19.5 Å². The van der Waals surface area contributed by atoms with Crippen LogP contribution < -0.4 is 9.47 Å². The molecule has 1 fully saturated rings. The number of halogens is 1. The Kier molecular flexibility index (Phi) is 6.46. The number of benzene rings is 2. The molecule has 1 aliphatic rings. The zero-order valence-electron chi connectivity index (χ0n) is 18.1. The highest BCUT2D eigenvalue weighted by Crippen LogP contribution is 2.43. The van der Waals surface area contributed by atoms with Crippen molar-refractivity contribution in [2.75, 3.05) is 20.8 Å². The topological polar surface area (TPSA) is 102 Å². The molecule has 1 atom stereocenters. The monoisotopic (exact) mass is 467 g/mol. The summed E-state index contributed by atoms with van der Waals surface area (Å²) in [6, 6.07) is 11.5. The van der Waals surface area contributed by atoms with Crippen LogP contribution >= 0.6 is 11.6 Å². The number of ether oxygens (including phenoxy) is 2. The Labute approximate surface area is 195 Å². The van der Waals surface area contributed by atoms with Crippen molar-refractivity contribution in [2.45, 2.75) is 18.9 Å². The van der Waals surface area contributed by atoms with Crippen LogP contribution in [0.2, 0.25) is 5.02 Å². The smallest absolute Gasteiger partial charge is 0.326 e. The van der Waals surface area contributed by atoms with Crippen LogP contribution in [0.15, 0.2) is 48.8 Å². The number of hydrogen-bond donors (Lipinski definition) is 1. The molecule has 4 rings (SSSR count). The molecule has 1 saturated heterocycles. The van der Waals surface area contributed by atoms with Gasteiger partial charge in [0.2, 0.25) is 11.8 Å². The Morgan fingerprint density at radius 2 is 1.73 bits per heavy atom. The fourth-order valence-electron chi connectivity index (χ4n) is 4.12. The van der Waals surface area contributed by atoms with Crippen LogP contribution in [-0.4, -0.2) is 58.7 Å². The largest absolute Gasteiger partial charge is 0.480 e. The van der Waals surface area contributed by atoms with Crippen LogP contribution in [0.4, 0.5) is 0 Å². The first-order valence-electron chi connectivity index (χ1n) is 10.3. The number of methoxy groups -OCH3 is 2. The molecule has 170 valence electrons. The number of hydrogen-bond acceptors (Lipinski definition) is 6. The van der Waals surface area contributed by atoms with Crippen molar-refractivity contribution in [3.63, 3.8) is 0 Å². The molecule has 1 amide bonds. The highest BCUT2D eigenvalue weighted by Gasteiger charge is 2.35. The number of likely N-dealkylation sites (tertiary alicyclic amines) is 1. The van der Waals surface area contributed by atoms with Crippen LogP contribution in [0.5, 0.6) is 11.8 Å². The standard InChI is InChI=1S/C24H22ClN3O5/c1-32-21-20(22(33-2)27-13-26-21)16-10-9-14(12-17(16)15-6-3-4-7-18(15)25)23(29)28-11-5-8-19(28)24(30)31/h3-4,6-7,9-10,12-13,19H,5,8,11H2,1-2H3,(H,30,31). The summed E-state index contributed by atoms with van der Waals surface area (Å²) in [6.45, 7) is 0.396. The van der Waals surface area contributed by atoms with Crippen molar-refractivity contribution in [3.8, 4) is 34.0 Å². The number of carbonyl (C=O) groups excluding carboxylic acids is 1. The summed E-state index contributed by atoms with van der Waals surface area (Å²) < 4.78 is 10.9. The van der Waals surface area contributed by atoms with Crippen LogP contribution in [0, 0.1) is 0 Å². The third-order valence-corrected chi connectivity index (χ3v) is 5.99. The number of aliphatic carboxylic acids is 1. The second-order valence-corrected chi connectivity index (χ2v) is 7.91. The molecule has 0 radical (unpaired) electrons. The lowest BCUT2D eigenvalue weighted by atomic mass is 9.93. The maximum atomic E-state index is 13.3. The Balaban J connectivity index is 1.91. The van der Waals surface area contributed by atoms with E-state index in [-0.39, 0.29) is 5.91 Å². The number of carboxylic acids is 1. The maximum Gasteiger partial charge on any atom is 0.326 e. The Bertz CT molecular complexity index is 1190. The van der Waals surface area contributed by atoms with Gasteiger partial charge in [0.15, 0.2) is 0 Å². The van der Waals surface area contributed by atoms with E-state index in [4.69, 9.17) is 21.1 Å². The van der Waals surface area contributed by atoms with Gasteiger partial charge in [0.25, 0.3) is 5.91 Å². The molecule has 1 unspecified atom stereocenters. The highest BCUT2D eigenvalue weighted by molar-refractivity contribution is 6.33. The molecule has 2 aromatic carbocycles. The average molecular weight is 468 g/mol. The second-order valence-electron chi connectivity index (χ2n) is 7.50. The fraction of sp³-hybridized carbons (Fsp3) is 0.250. The minimum absolute atomic E-state index is 0.305. The van der Waals surface area contributed by atoms with Gasteiger partial charge in [-0.15, -0.1) is 0 Å². The molecule has 1 aliphatic heterocycles. The predicted octanol–water partition coefficient (Wildman–Crippen LogP) is 4.17. The lowest BCUT2D eigenvalue weighted by Crippen LogP contribution is -2.40. The normalized spacial score (nSPS) is 15.4. The average Bonchev–Trinajstić information content (AvgIpc) is 3.33. The van der Waals surface area contributed by atoms with Crippen molar-refractivity contribution in [1.29, 1.82) is 0 Å². The molecule has 0 bridgehead atoms. The van der Waals surface area contributed by atoms with Crippen molar-refractivity contribution in [3.05, 3.63) is 59.4 Å². The van der Waals surface area contributed by atoms with Crippen LogP contribution in [0.25, 0.3) is 22.3 Å². The van der Waals surface area contributed by atoms with Gasteiger partial charge in [-0.05, 0) is 36.6 Å². The van der Waals surface area contributed by atoms with Crippen LogP contribution in [0.3, 0.4) is 0 Å².